The molecule has 4 nitrogen and oxygen atoms in total. The van der Waals surface area contributed by atoms with Gasteiger partial charge in [-0.3, -0.25) is 4.79 Å². The average molecular weight is 384 g/mol. The molecule has 136 valence electrons. The molecule has 8 heteroatoms. The van der Waals surface area contributed by atoms with Crippen molar-refractivity contribution in [2.75, 3.05) is 6.61 Å². The highest BCUT2D eigenvalue weighted by Crippen LogP contribution is 2.39. The third kappa shape index (κ3) is 3.27. The first-order chi connectivity index (χ1) is 12.2. The number of aromatic hydroxyl groups is 1. The van der Waals surface area contributed by atoms with Crippen molar-refractivity contribution in [1.29, 1.82) is 0 Å². The van der Waals surface area contributed by atoms with Crippen LogP contribution >= 0.6 is 11.6 Å². The van der Waals surface area contributed by atoms with Gasteiger partial charge in [0.2, 0.25) is 0 Å². The van der Waals surface area contributed by atoms with E-state index in [2.05, 4.69) is 4.98 Å². The van der Waals surface area contributed by atoms with Crippen molar-refractivity contribution >= 4 is 22.5 Å². The highest BCUT2D eigenvalue weighted by atomic mass is 35.5. The minimum absolute atomic E-state index is 0.0805. The van der Waals surface area contributed by atoms with Crippen molar-refractivity contribution < 1.29 is 23.4 Å². The Morgan fingerprint density at radius 3 is 2.46 bits per heavy atom. The summed E-state index contributed by atoms with van der Waals surface area (Å²) in [5.41, 5.74) is -0.866. The van der Waals surface area contributed by atoms with E-state index < -0.39 is 17.3 Å². The molecular weight excluding hydrogens is 371 g/mol. The fourth-order valence-corrected chi connectivity index (χ4v) is 3.05. The van der Waals surface area contributed by atoms with E-state index in [1.54, 1.807) is 0 Å². The lowest BCUT2D eigenvalue weighted by atomic mass is 9.93. The second kappa shape index (κ2) is 6.66. The zero-order valence-corrected chi connectivity index (χ0v) is 13.9. The number of H-pyrrole nitrogens is 1. The Morgan fingerprint density at radius 1 is 1.12 bits per heavy atom. The molecule has 3 rings (SSSR count). The van der Waals surface area contributed by atoms with E-state index in [1.165, 1.54) is 24.3 Å². The fraction of sp³-hybridized carbons (Fsp3) is 0.167. The number of halogens is 4. The highest BCUT2D eigenvalue weighted by Gasteiger charge is 2.31. The smallest absolute Gasteiger partial charge is 0.416 e. The maximum atomic E-state index is 13.1. The Hall–Kier alpha value is -2.51. The summed E-state index contributed by atoms with van der Waals surface area (Å²) in [5, 5.41) is 19.9. The van der Waals surface area contributed by atoms with E-state index >= 15 is 0 Å². The lowest BCUT2D eigenvalue weighted by Gasteiger charge is -2.15. The van der Waals surface area contributed by atoms with Gasteiger partial charge in [0.15, 0.2) is 0 Å². The van der Waals surface area contributed by atoms with Crippen molar-refractivity contribution in [2.24, 2.45) is 0 Å². The Kier molecular flexibility index (Phi) is 4.68. The normalized spacial score (nSPS) is 11.9. The molecule has 0 saturated carbocycles. The van der Waals surface area contributed by atoms with E-state index in [0.717, 1.165) is 12.1 Å². The number of hydrogen-bond donors (Lipinski definition) is 3. The quantitative estimate of drug-likeness (QED) is 0.637. The average Bonchev–Trinajstić information content (AvgIpc) is 2.55. The van der Waals surface area contributed by atoms with Crippen LogP contribution in [0.1, 0.15) is 11.1 Å². The molecule has 3 N–H and O–H groups in total. The van der Waals surface area contributed by atoms with Gasteiger partial charge < -0.3 is 15.2 Å². The number of aliphatic hydroxyl groups excluding tert-OH is 1. The second-order valence-electron chi connectivity index (χ2n) is 5.70. The number of nitrogens with one attached hydrogen (secondary N) is 1. The van der Waals surface area contributed by atoms with Gasteiger partial charge in [-0.1, -0.05) is 11.6 Å². The van der Waals surface area contributed by atoms with E-state index in [0.29, 0.717) is 0 Å². The standard InChI is InChI=1S/C18H13ClF3NO3/c19-10-2-3-11(15(25)8-10)16-12(5-6-24)17(26)23-14-4-1-9(7-13(14)16)18(20,21)22/h1-4,7-8,24-25H,5-6H2,(H,23,26). The molecule has 0 spiro atoms. The fourth-order valence-electron chi connectivity index (χ4n) is 2.88. The van der Waals surface area contributed by atoms with Gasteiger partial charge in [-0.2, -0.15) is 13.2 Å². The number of aromatic amines is 1. The van der Waals surface area contributed by atoms with Gasteiger partial charge in [0.25, 0.3) is 5.56 Å². The first-order valence-corrected chi connectivity index (χ1v) is 7.96. The number of fused-ring (bicyclic) bond motifs is 1. The summed E-state index contributed by atoms with van der Waals surface area (Å²) in [4.78, 5) is 14.9. The summed E-state index contributed by atoms with van der Waals surface area (Å²) in [6.07, 6.45) is -4.65. The Bertz CT molecular complexity index is 1040. The van der Waals surface area contributed by atoms with Crippen LogP contribution in [-0.4, -0.2) is 21.8 Å². The molecule has 0 radical (unpaired) electrons. The predicted octanol–water partition coefficient (Wildman–Crippen LogP) is 4.11. The molecule has 3 aromatic rings. The molecule has 1 aromatic heterocycles. The second-order valence-corrected chi connectivity index (χ2v) is 6.14. The number of rotatable bonds is 3. The monoisotopic (exact) mass is 383 g/mol. The van der Waals surface area contributed by atoms with Crippen LogP contribution in [0.4, 0.5) is 13.2 Å². The summed E-state index contributed by atoms with van der Waals surface area (Å²) < 4.78 is 39.4. The number of pyridine rings is 1. The molecule has 0 aliphatic carbocycles. The highest BCUT2D eigenvalue weighted by molar-refractivity contribution is 6.30. The zero-order valence-electron chi connectivity index (χ0n) is 13.2. The summed E-state index contributed by atoms with van der Waals surface area (Å²) in [6.45, 7) is -0.380. The molecule has 1 heterocycles. The first kappa shape index (κ1) is 18.3. The van der Waals surface area contributed by atoms with Gasteiger partial charge in [0.1, 0.15) is 5.75 Å². The summed E-state index contributed by atoms with van der Waals surface area (Å²) in [6, 6.07) is 7.07. The van der Waals surface area contributed by atoms with Crippen molar-refractivity contribution in [3.63, 3.8) is 0 Å². The molecule has 0 amide bonds. The number of phenolic OH excluding ortho intramolecular Hbond substituents is 1. The van der Waals surface area contributed by atoms with Gasteiger partial charge in [0, 0.05) is 45.6 Å². The topological polar surface area (TPSA) is 73.3 Å². The van der Waals surface area contributed by atoms with Crippen LogP contribution in [0.3, 0.4) is 0 Å². The van der Waals surface area contributed by atoms with Crippen LogP contribution in [0.25, 0.3) is 22.0 Å². The third-order valence-electron chi connectivity index (χ3n) is 4.03. The van der Waals surface area contributed by atoms with Crippen LogP contribution in [-0.2, 0) is 12.6 Å². The molecule has 0 unspecified atom stereocenters. The van der Waals surface area contributed by atoms with Crippen LogP contribution in [0.2, 0.25) is 5.02 Å². The van der Waals surface area contributed by atoms with Gasteiger partial charge in [-0.05, 0) is 36.4 Å². The number of benzene rings is 2. The van der Waals surface area contributed by atoms with E-state index in [4.69, 9.17) is 11.6 Å². The Balaban J connectivity index is 2.45. The number of aromatic nitrogens is 1. The van der Waals surface area contributed by atoms with Gasteiger partial charge >= 0.3 is 6.18 Å². The Labute approximate surface area is 150 Å². The predicted molar refractivity (Wildman–Crippen MR) is 92.5 cm³/mol. The third-order valence-corrected chi connectivity index (χ3v) is 4.27. The number of hydrogen-bond acceptors (Lipinski definition) is 3. The summed E-state index contributed by atoms with van der Waals surface area (Å²) >= 11 is 5.82. The minimum atomic E-state index is -4.57. The van der Waals surface area contributed by atoms with Crippen molar-refractivity contribution in [3.05, 3.63) is 62.9 Å². The molecule has 0 atom stereocenters. The molecule has 0 aliphatic heterocycles. The van der Waals surface area contributed by atoms with Gasteiger partial charge in [-0.25, -0.2) is 0 Å². The van der Waals surface area contributed by atoms with Gasteiger partial charge in [-0.15, -0.1) is 0 Å². The van der Waals surface area contributed by atoms with Crippen molar-refractivity contribution in [2.45, 2.75) is 12.6 Å². The maximum Gasteiger partial charge on any atom is 0.416 e. The molecule has 2 aromatic carbocycles. The molecular formula is C18H13ClF3NO3. The zero-order chi connectivity index (χ0) is 19.1. The van der Waals surface area contributed by atoms with Crippen molar-refractivity contribution in [1.82, 2.24) is 4.98 Å². The largest absolute Gasteiger partial charge is 0.507 e. The molecule has 0 bridgehead atoms. The molecule has 0 aliphatic rings. The number of aliphatic hydroxyl groups is 1. The van der Waals surface area contributed by atoms with Crippen LogP contribution in [0.15, 0.2) is 41.2 Å². The summed E-state index contributed by atoms with van der Waals surface area (Å²) in [7, 11) is 0. The maximum absolute atomic E-state index is 13.1. The van der Waals surface area contributed by atoms with Crippen molar-refractivity contribution in [3.8, 4) is 16.9 Å². The molecule has 26 heavy (non-hydrogen) atoms. The minimum Gasteiger partial charge on any atom is -0.507 e. The van der Waals surface area contributed by atoms with E-state index in [9.17, 15) is 28.2 Å². The Morgan fingerprint density at radius 2 is 1.85 bits per heavy atom. The van der Waals surface area contributed by atoms with Crippen LogP contribution < -0.4 is 5.56 Å². The van der Waals surface area contributed by atoms with E-state index in [1.807, 2.05) is 0 Å². The summed E-state index contributed by atoms with van der Waals surface area (Å²) in [5.74, 6) is -0.277. The molecule has 0 fully saturated rings. The lowest BCUT2D eigenvalue weighted by Crippen LogP contribution is -2.16. The van der Waals surface area contributed by atoms with Crippen LogP contribution in [0.5, 0.6) is 5.75 Å². The lowest BCUT2D eigenvalue weighted by molar-refractivity contribution is -0.137. The SMILES string of the molecule is O=c1[nH]c2ccc(C(F)(F)F)cc2c(-c2ccc(Cl)cc2O)c1CCO. The molecule has 0 saturated heterocycles. The first-order valence-electron chi connectivity index (χ1n) is 7.58. The van der Waals surface area contributed by atoms with Gasteiger partial charge in [0.05, 0.1) is 5.56 Å². The number of alkyl halides is 3. The van der Waals surface area contributed by atoms with E-state index in [-0.39, 0.29) is 51.4 Å². The van der Waals surface area contributed by atoms with Crippen LogP contribution in [0, 0.1) is 0 Å². The number of phenols is 1.